The van der Waals surface area contributed by atoms with E-state index in [1.54, 1.807) is 18.2 Å². The lowest BCUT2D eigenvalue weighted by Crippen LogP contribution is -2.16. The van der Waals surface area contributed by atoms with E-state index in [4.69, 9.17) is 4.74 Å². The number of sulfonamides is 1. The van der Waals surface area contributed by atoms with E-state index in [-0.39, 0.29) is 4.90 Å². The predicted octanol–water partition coefficient (Wildman–Crippen LogP) is 4.27. The van der Waals surface area contributed by atoms with Crippen molar-refractivity contribution in [1.82, 2.24) is 0 Å². The molecule has 0 radical (unpaired) electrons. The summed E-state index contributed by atoms with van der Waals surface area (Å²) >= 11 is 3.31. The second kappa shape index (κ2) is 6.71. The van der Waals surface area contributed by atoms with Gasteiger partial charge in [-0.05, 0) is 50.1 Å². The molecule has 0 aliphatic carbocycles. The molecule has 22 heavy (non-hydrogen) atoms. The Hall–Kier alpha value is -1.53. The molecule has 0 bridgehead atoms. The average molecular weight is 384 g/mol. The molecule has 0 aliphatic rings. The van der Waals surface area contributed by atoms with Crippen molar-refractivity contribution in [3.05, 3.63) is 52.0 Å². The molecule has 0 amide bonds. The SMILES string of the molecule is CCOc1ccc(Br)cc1S(=O)(=O)Nc1c(C)cccc1C. The molecule has 0 saturated heterocycles. The second-order valence-corrected chi connectivity index (χ2v) is 7.46. The van der Waals surface area contributed by atoms with Gasteiger partial charge in [-0.15, -0.1) is 0 Å². The lowest BCUT2D eigenvalue weighted by atomic mass is 10.1. The molecule has 118 valence electrons. The van der Waals surface area contributed by atoms with E-state index in [1.807, 2.05) is 39.0 Å². The normalized spacial score (nSPS) is 11.3. The monoisotopic (exact) mass is 383 g/mol. The molecular formula is C16H18BrNO3S. The minimum atomic E-state index is -3.74. The Balaban J connectivity index is 2.49. The summed E-state index contributed by atoms with van der Waals surface area (Å²) in [6, 6.07) is 10.6. The third-order valence-corrected chi connectivity index (χ3v) is 5.08. The lowest BCUT2D eigenvalue weighted by molar-refractivity contribution is 0.331. The lowest BCUT2D eigenvalue weighted by Gasteiger charge is -2.15. The Morgan fingerprint density at radius 2 is 1.77 bits per heavy atom. The van der Waals surface area contributed by atoms with E-state index in [1.165, 1.54) is 0 Å². The van der Waals surface area contributed by atoms with Gasteiger partial charge in [-0.3, -0.25) is 4.72 Å². The first kappa shape index (κ1) is 16.8. The highest BCUT2D eigenvalue weighted by Gasteiger charge is 2.21. The van der Waals surface area contributed by atoms with Crippen LogP contribution in [0, 0.1) is 13.8 Å². The van der Waals surface area contributed by atoms with Gasteiger partial charge < -0.3 is 4.74 Å². The molecule has 2 rings (SSSR count). The van der Waals surface area contributed by atoms with Crippen molar-refractivity contribution < 1.29 is 13.2 Å². The number of anilines is 1. The van der Waals surface area contributed by atoms with Crippen LogP contribution >= 0.6 is 15.9 Å². The zero-order valence-corrected chi connectivity index (χ0v) is 15.1. The molecule has 0 heterocycles. The molecule has 1 N–H and O–H groups in total. The fourth-order valence-electron chi connectivity index (χ4n) is 2.13. The molecule has 0 aliphatic heterocycles. The smallest absolute Gasteiger partial charge is 0.265 e. The van der Waals surface area contributed by atoms with E-state index >= 15 is 0 Å². The number of para-hydroxylation sites is 1. The van der Waals surface area contributed by atoms with Crippen LogP contribution in [-0.4, -0.2) is 15.0 Å². The van der Waals surface area contributed by atoms with Crippen molar-refractivity contribution in [2.24, 2.45) is 0 Å². The number of hydrogen-bond donors (Lipinski definition) is 1. The Morgan fingerprint density at radius 1 is 1.14 bits per heavy atom. The summed E-state index contributed by atoms with van der Waals surface area (Å²) in [4.78, 5) is 0.117. The first-order chi connectivity index (χ1) is 10.3. The van der Waals surface area contributed by atoms with Gasteiger partial charge in [0.05, 0.1) is 12.3 Å². The van der Waals surface area contributed by atoms with Crippen LogP contribution in [0.1, 0.15) is 18.1 Å². The molecule has 0 saturated carbocycles. The molecule has 2 aromatic rings. The van der Waals surface area contributed by atoms with Crippen LogP contribution in [0.4, 0.5) is 5.69 Å². The van der Waals surface area contributed by atoms with Crippen LogP contribution in [-0.2, 0) is 10.0 Å². The third-order valence-electron chi connectivity index (χ3n) is 3.21. The molecule has 0 aromatic heterocycles. The number of rotatable bonds is 5. The fraction of sp³-hybridized carbons (Fsp3) is 0.250. The Labute approximate surface area is 139 Å². The number of halogens is 1. The third kappa shape index (κ3) is 3.62. The summed E-state index contributed by atoms with van der Waals surface area (Å²) in [5, 5.41) is 0. The van der Waals surface area contributed by atoms with Gasteiger partial charge in [0, 0.05) is 4.47 Å². The van der Waals surface area contributed by atoms with Crippen molar-refractivity contribution in [2.75, 3.05) is 11.3 Å². The summed E-state index contributed by atoms with van der Waals surface area (Å²) < 4.78 is 34.3. The Kier molecular flexibility index (Phi) is 5.13. The number of ether oxygens (including phenoxy) is 1. The molecule has 2 aromatic carbocycles. The highest BCUT2D eigenvalue weighted by Crippen LogP contribution is 2.30. The number of aryl methyl sites for hydroxylation is 2. The van der Waals surface area contributed by atoms with Gasteiger partial charge in [0.2, 0.25) is 0 Å². The van der Waals surface area contributed by atoms with Gasteiger partial charge in [0.1, 0.15) is 10.6 Å². The average Bonchev–Trinajstić information content (AvgIpc) is 2.45. The topological polar surface area (TPSA) is 55.4 Å². The van der Waals surface area contributed by atoms with Crippen LogP contribution in [0.25, 0.3) is 0 Å². The quantitative estimate of drug-likeness (QED) is 0.838. The largest absolute Gasteiger partial charge is 0.492 e. The van der Waals surface area contributed by atoms with Crippen LogP contribution < -0.4 is 9.46 Å². The highest BCUT2D eigenvalue weighted by atomic mass is 79.9. The molecule has 0 fully saturated rings. The minimum absolute atomic E-state index is 0.117. The van der Waals surface area contributed by atoms with Gasteiger partial charge in [-0.25, -0.2) is 8.42 Å². The van der Waals surface area contributed by atoms with Crippen LogP contribution in [0.5, 0.6) is 5.75 Å². The maximum absolute atomic E-state index is 12.7. The summed E-state index contributed by atoms with van der Waals surface area (Å²) in [6.07, 6.45) is 0. The Morgan fingerprint density at radius 3 is 2.36 bits per heavy atom. The molecule has 4 nitrogen and oxygen atoms in total. The van der Waals surface area contributed by atoms with E-state index in [2.05, 4.69) is 20.7 Å². The minimum Gasteiger partial charge on any atom is -0.492 e. The summed E-state index contributed by atoms with van der Waals surface area (Å²) in [7, 11) is -3.74. The van der Waals surface area contributed by atoms with E-state index in [0.717, 1.165) is 11.1 Å². The van der Waals surface area contributed by atoms with Gasteiger partial charge in [-0.2, -0.15) is 0 Å². The zero-order valence-electron chi connectivity index (χ0n) is 12.7. The van der Waals surface area contributed by atoms with E-state index in [9.17, 15) is 8.42 Å². The van der Waals surface area contributed by atoms with Crippen molar-refractivity contribution >= 4 is 31.6 Å². The maximum atomic E-state index is 12.7. The van der Waals surface area contributed by atoms with Crippen LogP contribution in [0.3, 0.4) is 0 Å². The molecule has 6 heteroatoms. The summed E-state index contributed by atoms with van der Waals surface area (Å²) in [5.74, 6) is 0.337. The molecule has 0 atom stereocenters. The predicted molar refractivity (Wildman–Crippen MR) is 92.0 cm³/mol. The van der Waals surface area contributed by atoms with Gasteiger partial charge in [0.15, 0.2) is 0 Å². The van der Waals surface area contributed by atoms with Crippen molar-refractivity contribution in [3.8, 4) is 5.75 Å². The van der Waals surface area contributed by atoms with Gasteiger partial charge in [0.25, 0.3) is 10.0 Å². The van der Waals surface area contributed by atoms with E-state index in [0.29, 0.717) is 22.5 Å². The zero-order chi connectivity index (χ0) is 16.3. The van der Waals surface area contributed by atoms with Gasteiger partial charge in [-0.1, -0.05) is 34.1 Å². The first-order valence-corrected chi connectivity index (χ1v) is 9.14. The first-order valence-electron chi connectivity index (χ1n) is 6.86. The molecule has 0 spiro atoms. The van der Waals surface area contributed by atoms with Crippen molar-refractivity contribution in [2.45, 2.75) is 25.7 Å². The number of hydrogen-bond acceptors (Lipinski definition) is 3. The Bertz CT molecular complexity index is 768. The van der Waals surface area contributed by atoms with Crippen molar-refractivity contribution in [1.29, 1.82) is 0 Å². The van der Waals surface area contributed by atoms with Crippen LogP contribution in [0.2, 0.25) is 0 Å². The fourth-order valence-corrected chi connectivity index (χ4v) is 4.02. The number of benzene rings is 2. The highest BCUT2D eigenvalue weighted by molar-refractivity contribution is 9.10. The molecule has 0 unspecified atom stereocenters. The maximum Gasteiger partial charge on any atom is 0.265 e. The van der Waals surface area contributed by atoms with E-state index < -0.39 is 10.0 Å². The second-order valence-electron chi connectivity index (χ2n) is 4.90. The summed E-state index contributed by atoms with van der Waals surface area (Å²) in [5.41, 5.74) is 2.35. The summed E-state index contributed by atoms with van der Waals surface area (Å²) in [6.45, 7) is 5.95. The standard InChI is InChI=1S/C16H18BrNO3S/c1-4-21-14-9-8-13(17)10-15(14)22(19,20)18-16-11(2)6-5-7-12(16)3/h5-10,18H,4H2,1-3H3. The number of nitrogens with one attached hydrogen (secondary N) is 1. The van der Waals surface area contributed by atoms with Gasteiger partial charge >= 0.3 is 0 Å². The van der Waals surface area contributed by atoms with Crippen LogP contribution in [0.15, 0.2) is 45.8 Å². The molecular weight excluding hydrogens is 366 g/mol. The van der Waals surface area contributed by atoms with Crippen molar-refractivity contribution in [3.63, 3.8) is 0 Å².